The molecule has 0 spiro atoms. The van der Waals surface area contributed by atoms with Crippen LogP contribution in [0.1, 0.15) is 6.42 Å². The van der Waals surface area contributed by atoms with Crippen LogP contribution < -0.4 is 98.8 Å². The van der Waals surface area contributed by atoms with Crippen molar-refractivity contribution in [3.8, 4) is 0 Å². The highest BCUT2D eigenvalue weighted by molar-refractivity contribution is 5.70. The molecule has 3 aliphatic heterocycles. The summed E-state index contributed by atoms with van der Waals surface area (Å²) in [4.78, 5) is 15.9. The van der Waals surface area contributed by atoms with Gasteiger partial charge in [-0.2, -0.15) is 0 Å². The number of guanidine groups is 6. The summed E-state index contributed by atoms with van der Waals surface area (Å²) in [5.41, 5.74) is 68.0. The number of aliphatic hydroxyl groups is 7. The predicted molar refractivity (Wildman–Crippen MR) is 199 cm³/mol. The van der Waals surface area contributed by atoms with Crippen molar-refractivity contribution in [3.63, 3.8) is 0 Å². The fourth-order valence-corrected chi connectivity index (χ4v) is 7.40. The van der Waals surface area contributed by atoms with Gasteiger partial charge in [0.15, 0.2) is 31.0 Å². The second-order valence-corrected chi connectivity index (χ2v) is 14.6. The van der Waals surface area contributed by atoms with Gasteiger partial charge in [-0.15, -0.1) is 0 Å². The van der Waals surface area contributed by atoms with E-state index < -0.39 is 135 Å². The maximum Gasteiger partial charge on any atom is 0.339 e. The summed E-state index contributed by atoms with van der Waals surface area (Å²) in [7, 11) is 0. The third-order valence-electron chi connectivity index (χ3n) is 10.1. The maximum absolute atomic E-state index is 11.9. The number of ether oxygens (including phenoxy) is 6. The average Bonchev–Trinajstić information content (AvgIpc) is 3.44. The standard InChI is InChI=1S/C29H58N18O13/c30-24(31)42-2-7-13(50)15(52)10(46-28(38)39)21(55-7)58-18-6(45-27(36)37)1-5(44-26(34)35)12(49)20(18)60-23-17(54)19(9(4-48)57-23)59-22-11(47-29(40)41)16(53)14(51)8(56-22)3-43-25(32)33/h5-23,48-54H,1-4H2,(H4,30,31,42)(H4,32,33,43)(H4,34,35,44)(H4,36,37,45)(H4,38,39,46)(H4,40,41,47)/p+6/t5-,6+,7+,8+,9-,10+,11+,12+,13+,14+,15+,16+,17+,18+,19-,20-,21-,22-,23+/m1/s1. The van der Waals surface area contributed by atoms with E-state index in [0.29, 0.717) is 0 Å². The van der Waals surface area contributed by atoms with Gasteiger partial charge in [0.05, 0.1) is 19.7 Å². The van der Waals surface area contributed by atoms with Crippen LogP contribution in [-0.4, -0.2) is 207 Å². The molecular weight excluding hydrogens is 808 g/mol. The molecule has 0 aromatic heterocycles. The monoisotopic (exact) mass is 872 g/mol. The normalized spacial score (nSPS) is 40.4. The quantitative estimate of drug-likeness (QED) is 0.0536. The first-order valence-corrected chi connectivity index (χ1v) is 18.6. The first kappa shape index (κ1) is 47.8. The average molecular weight is 873 g/mol. The van der Waals surface area contributed by atoms with E-state index in [4.69, 9.17) is 97.2 Å². The number of nitrogens with two attached hydrogens (primary N) is 12. The van der Waals surface area contributed by atoms with E-state index in [1.165, 1.54) is 0 Å². The van der Waals surface area contributed by atoms with E-state index in [1.54, 1.807) is 0 Å². The fourth-order valence-electron chi connectivity index (χ4n) is 7.40. The van der Waals surface area contributed by atoms with Crippen LogP contribution in [0, 0.1) is 0 Å². The Morgan fingerprint density at radius 1 is 0.433 bits per heavy atom. The number of hydrogen-bond acceptors (Lipinski definition) is 13. The molecule has 19 atom stereocenters. The molecule has 1 aliphatic carbocycles. The highest BCUT2D eigenvalue weighted by Gasteiger charge is 2.57. The molecule has 4 fully saturated rings. The second kappa shape index (κ2) is 20.6. The van der Waals surface area contributed by atoms with Crippen molar-refractivity contribution in [2.24, 2.45) is 68.8 Å². The fraction of sp³-hybridized carbons (Fsp3) is 0.793. The Labute approximate surface area is 341 Å². The predicted octanol–water partition coefficient (Wildman–Crippen LogP) is -24.5. The lowest BCUT2D eigenvalue weighted by molar-refractivity contribution is -0.595. The molecule has 4 aliphatic rings. The smallest absolute Gasteiger partial charge is 0.339 e. The summed E-state index contributed by atoms with van der Waals surface area (Å²) < 4.78 is 36.7. The summed E-state index contributed by atoms with van der Waals surface area (Å²) in [6, 6.07) is -4.80. The Bertz CT molecular complexity index is 1600. The van der Waals surface area contributed by atoms with Gasteiger partial charge in [0.25, 0.3) is 0 Å². The molecule has 0 aromatic carbocycles. The minimum atomic E-state index is -1.82. The third-order valence-corrected chi connectivity index (χ3v) is 10.1. The zero-order valence-corrected chi connectivity index (χ0v) is 32.3. The Morgan fingerprint density at radius 3 is 1.25 bits per heavy atom. The Hall–Kier alpha value is -4.90. The number of nitrogens with one attached hydrogen (secondary N) is 6. The first-order chi connectivity index (χ1) is 28.1. The summed E-state index contributed by atoms with van der Waals surface area (Å²) in [6.07, 6.45) is -23.3. The Morgan fingerprint density at radius 2 is 0.833 bits per heavy atom. The second-order valence-electron chi connectivity index (χ2n) is 14.6. The van der Waals surface area contributed by atoms with Crippen molar-refractivity contribution in [2.45, 2.75) is 123 Å². The van der Waals surface area contributed by atoms with Gasteiger partial charge in [0, 0.05) is 6.42 Å². The highest BCUT2D eigenvalue weighted by atomic mass is 16.8. The topological polar surface area (TPSA) is 593 Å². The van der Waals surface area contributed by atoms with Gasteiger partial charge in [0.2, 0.25) is 0 Å². The lowest BCUT2D eigenvalue weighted by Crippen LogP contribution is -2.96. The summed E-state index contributed by atoms with van der Waals surface area (Å²) in [6.45, 7) is -1.22. The van der Waals surface area contributed by atoms with Gasteiger partial charge in [0.1, 0.15) is 85.3 Å². The summed E-state index contributed by atoms with van der Waals surface area (Å²) in [5.74, 6) is -1.86. The van der Waals surface area contributed by atoms with Gasteiger partial charge in [-0.1, -0.05) is 0 Å². The van der Waals surface area contributed by atoms with Crippen molar-refractivity contribution in [2.75, 3.05) is 19.7 Å². The van der Waals surface area contributed by atoms with E-state index in [-0.39, 0.29) is 43.3 Å². The molecule has 31 heteroatoms. The van der Waals surface area contributed by atoms with Crippen molar-refractivity contribution in [1.82, 2.24) is 0 Å². The van der Waals surface area contributed by atoms with Crippen molar-refractivity contribution < 1.29 is 94.1 Å². The molecule has 37 N–H and O–H groups in total. The van der Waals surface area contributed by atoms with E-state index in [0.717, 1.165) is 0 Å². The zero-order chi connectivity index (χ0) is 44.7. The maximum atomic E-state index is 11.9. The molecule has 0 aromatic rings. The van der Waals surface area contributed by atoms with Gasteiger partial charge in [-0.3, -0.25) is 98.8 Å². The van der Waals surface area contributed by atoms with Gasteiger partial charge in [-0.25, -0.2) is 0 Å². The number of aliphatic hydroxyl groups excluding tert-OH is 7. The van der Waals surface area contributed by atoms with Crippen LogP contribution in [0.15, 0.2) is 0 Å². The van der Waals surface area contributed by atoms with Gasteiger partial charge < -0.3 is 64.2 Å². The van der Waals surface area contributed by atoms with Crippen LogP contribution in [0.3, 0.4) is 0 Å². The highest BCUT2D eigenvalue weighted by Crippen LogP contribution is 2.33. The van der Waals surface area contributed by atoms with E-state index in [9.17, 15) is 35.7 Å². The van der Waals surface area contributed by atoms with E-state index in [1.807, 2.05) is 0 Å². The van der Waals surface area contributed by atoms with Crippen molar-refractivity contribution in [3.05, 3.63) is 0 Å². The largest absolute Gasteiger partial charge is 0.394 e. The van der Waals surface area contributed by atoms with Gasteiger partial charge >= 0.3 is 35.8 Å². The van der Waals surface area contributed by atoms with Gasteiger partial charge in [-0.05, 0) is 0 Å². The minimum absolute atomic E-state index is 0.0855. The molecule has 1 saturated carbocycles. The van der Waals surface area contributed by atoms with E-state index in [2.05, 4.69) is 30.0 Å². The molecule has 0 radical (unpaired) electrons. The molecule has 3 heterocycles. The molecule has 60 heavy (non-hydrogen) atoms. The molecule has 4 rings (SSSR count). The molecule has 31 nitrogen and oxygen atoms in total. The number of hydrogen-bond donors (Lipinski definition) is 25. The summed E-state index contributed by atoms with van der Waals surface area (Å²) >= 11 is 0. The molecule has 0 bridgehead atoms. The van der Waals surface area contributed by atoms with Crippen LogP contribution in [-0.2, 0) is 28.4 Å². The minimum Gasteiger partial charge on any atom is -0.394 e. The van der Waals surface area contributed by atoms with E-state index >= 15 is 0 Å². The van der Waals surface area contributed by atoms with Crippen LogP contribution in [0.2, 0.25) is 0 Å². The lowest BCUT2D eigenvalue weighted by atomic mass is 9.83. The Balaban J connectivity index is 1.73. The Kier molecular flexibility index (Phi) is 16.4. The van der Waals surface area contributed by atoms with Crippen LogP contribution in [0.4, 0.5) is 0 Å². The molecule has 3 saturated heterocycles. The van der Waals surface area contributed by atoms with Crippen molar-refractivity contribution in [1.29, 1.82) is 0 Å². The SMILES string of the molecule is NC(N)=[NH+]C[C@@H]1O[C@H](O[C@@H]2[C@H](O[C@@H]3O[C@H](CO)[C@@H](O[C@H]4O[C@@H](C[NH+]=C(N)N)[C@H](O)[C@@H](O)[C@@H]4[NH+]=C(N)N)[C@@H]3O)[C@@H](O)[C@H]([NH+]=C(N)N)C[C@@H]2[NH+]=C(N)N)[C@@H]([NH+]=C(N)N)[C@H](O)[C@H]1O. The summed E-state index contributed by atoms with van der Waals surface area (Å²) in [5, 5.41) is 77.9. The van der Waals surface area contributed by atoms with Crippen LogP contribution in [0.5, 0.6) is 0 Å². The van der Waals surface area contributed by atoms with Crippen LogP contribution in [0.25, 0.3) is 0 Å². The molecule has 0 unspecified atom stereocenters. The molecule has 0 amide bonds. The first-order valence-electron chi connectivity index (χ1n) is 18.6. The molecular formula is C29H64N18O13+6. The van der Waals surface area contributed by atoms with Crippen molar-refractivity contribution >= 4 is 35.8 Å². The number of rotatable bonds is 15. The molecule has 342 valence electrons. The van der Waals surface area contributed by atoms with Crippen LogP contribution >= 0.6 is 0 Å². The lowest BCUT2D eigenvalue weighted by Gasteiger charge is -2.46. The third kappa shape index (κ3) is 11.7. The zero-order valence-electron chi connectivity index (χ0n) is 32.3.